The lowest BCUT2D eigenvalue weighted by Gasteiger charge is -2.12. The molecule has 0 saturated heterocycles. The van der Waals surface area contributed by atoms with Crippen molar-refractivity contribution in [2.45, 2.75) is 32.5 Å². The molecule has 0 fully saturated rings. The van der Waals surface area contributed by atoms with Crippen molar-refractivity contribution in [3.05, 3.63) is 29.8 Å². The van der Waals surface area contributed by atoms with Gasteiger partial charge in [-0.15, -0.1) is 0 Å². The first-order valence-corrected chi connectivity index (χ1v) is 5.71. The lowest BCUT2D eigenvalue weighted by molar-refractivity contribution is 0.0466. The van der Waals surface area contributed by atoms with Crippen LogP contribution in [0.5, 0.6) is 5.75 Å². The van der Waals surface area contributed by atoms with Gasteiger partial charge in [0, 0.05) is 0 Å². The van der Waals surface area contributed by atoms with Crippen LogP contribution in [0.1, 0.15) is 25.3 Å². The Morgan fingerprint density at radius 1 is 1.38 bits per heavy atom. The van der Waals surface area contributed by atoms with Crippen LogP contribution in [-0.4, -0.2) is 19.8 Å². The van der Waals surface area contributed by atoms with Crippen molar-refractivity contribution in [3.8, 4) is 5.75 Å². The number of ether oxygens (including phenoxy) is 2. The van der Waals surface area contributed by atoms with Gasteiger partial charge < -0.3 is 15.2 Å². The fourth-order valence-electron chi connectivity index (χ4n) is 1.49. The van der Waals surface area contributed by atoms with Gasteiger partial charge in [0.25, 0.3) is 0 Å². The van der Waals surface area contributed by atoms with Crippen molar-refractivity contribution in [2.75, 3.05) is 13.7 Å². The molecule has 1 atom stereocenters. The molecule has 1 aromatic carbocycles. The average molecular weight is 223 g/mol. The molecule has 3 heteroatoms. The molecule has 90 valence electrons. The highest BCUT2D eigenvalue weighted by atomic mass is 16.5. The fourth-order valence-corrected chi connectivity index (χ4v) is 1.49. The van der Waals surface area contributed by atoms with Gasteiger partial charge in [-0.05, 0) is 44.0 Å². The zero-order valence-corrected chi connectivity index (χ0v) is 10.1. The Labute approximate surface area is 97.6 Å². The van der Waals surface area contributed by atoms with E-state index in [0.717, 1.165) is 30.7 Å². The van der Waals surface area contributed by atoms with Crippen LogP contribution in [0.2, 0.25) is 0 Å². The van der Waals surface area contributed by atoms with Crippen molar-refractivity contribution < 1.29 is 9.47 Å². The minimum atomic E-state index is 0.259. The van der Waals surface area contributed by atoms with E-state index in [4.69, 9.17) is 15.2 Å². The second kappa shape index (κ2) is 7.25. The number of hydrogen-bond acceptors (Lipinski definition) is 3. The minimum absolute atomic E-state index is 0.259. The summed E-state index contributed by atoms with van der Waals surface area (Å²) in [6.07, 6.45) is 2.29. The molecule has 0 radical (unpaired) electrons. The highest BCUT2D eigenvalue weighted by molar-refractivity contribution is 5.27. The van der Waals surface area contributed by atoms with Gasteiger partial charge in [-0.1, -0.05) is 12.1 Å². The van der Waals surface area contributed by atoms with Crippen LogP contribution in [0.4, 0.5) is 0 Å². The molecule has 0 spiro atoms. The summed E-state index contributed by atoms with van der Waals surface area (Å²) < 4.78 is 10.9. The predicted molar refractivity (Wildman–Crippen MR) is 65.5 cm³/mol. The maximum atomic E-state index is 5.72. The molecule has 0 bridgehead atoms. The molecule has 1 rings (SSSR count). The van der Waals surface area contributed by atoms with Gasteiger partial charge in [0.2, 0.25) is 0 Å². The molecular formula is C13H21NO2. The lowest BCUT2D eigenvalue weighted by atomic mass is 10.2. The summed E-state index contributed by atoms with van der Waals surface area (Å²) in [5.41, 5.74) is 6.59. The van der Waals surface area contributed by atoms with E-state index in [0.29, 0.717) is 6.61 Å². The SMILES string of the molecule is COc1cccc(COC(C)CCCN)c1. The molecular weight excluding hydrogens is 202 g/mol. The van der Waals surface area contributed by atoms with E-state index in [1.807, 2.05) is 24.3 Å². The minimum Gasteiger partial charge on any atom is -0.497 e. The van der Waals surface area contributed by atoms with Gasteiger partial charge in [-0.3, -0.25) is 0 Å². The van der Waals surface area contributed by atoms with Crippen LogP contribution in [0.3, 0.4) is 0 Å². The molecule has 0 heterocycles. The van der Waals surface area contributed by atoms with Crippen LogP contribution < -0.4 is 10.5 Å². The highest BCUT2D eigenvalue weighted by Gasteiger charge is 2.02. The summed E-state index contributed by atoms with van der Waals surface area (Å²) in [6.45, 7) is 3.44. The summed E-state index contributed by atoms with van der Waals surface area (Å²) in [6, 6.07) is 7.94. The lowest BCUT2D eigenvalue weighted by Crippen LogP contribution is -2.10. The molecule has 1 aromatic rings. The van der Waals surface area contributed by atoms with Gasteiger partial charge in [0.1, 0.15) is 5.75 Å². The quantitative estimate of drug-likeness (QED) is 0.771. The Kier molecular flexibility index (Phi) is 5.90. The number of benzene rings is 1. The Balaban J connectivity index is 2.35. The van der Waals surface area contributed by atoms with E-state index < -0.39 is 0 Å². The van der Waals surface area contributed by atoms with Crippen LogP contribution in [0.15, 0.2) is 24.3 Å². The van der Waals surface area contributed by atoms with Crippen molar-refractivity contribution in [2.24, 2.45) is 5.73 Å². The Bertz CT molecular complexity index is 302. The predicted octanol–water partition coefficient (Wildman–Crippen LogP) is 2.34. The van der Waals surface area contributed by atoms with E-state index >= 15 is 0 Å². The van der Waals surface area contributed by atoms with E-state index in [2.05, 4.69) is 6.92 Å². The normalized spacial score (nSPS) is 12.4. The zero-order valence-electron chi connectivity index (χ0n) is 10.1. The fraction of sp³-hybridized carbons (Fsp3) is 0.538. The van der Waals surface area contributed by atoms with Crippen LogP contribution in [0.25, 0.3) is 0 Å². The standard InChI is InChI=1S/C13H21NO2/c1-11(5-4-8-14)16-10-12-6-3-7-13(9-12)15-2/h3,6-7,9,11H,4-5,8,10,14H2,1-2H3. The Hall–Kier alpha value is -1.06. The smallest absolute Gasteiger partial charge is 0.119 e. The first kappa shape index (κ1) is 13.0. The van der Waals surface area contributed by atoms with Crippen LogP contribution in [-0.2, 0) is 11.3 Å². The first-order chi connectivity index (χ1) is 7.76. The summed E-state index contributed by atoms with van der Waals surface area (Å²) in [4.78, 5) is 0. The molecule has 3 nitrogen and oxygen atoms in total. The maximum absolute atomic E-state index is 5.72. The van der Waals surface area contributed by atoms with Crippen LogP contribution >= 0.6 is 0 Å². The number of methoxy groups -OCH3 is 1. The molecule has 2 N–H and O–H groups in total. The topological polar surface area (TPSA) is 44.5 Å². The van der Waals surface area contributed by atoms with Crippen LogP contribution in [0, 0.1) is 0 Å². The first-order valence-electron chi connectivity index (χ1n) is 5.71. The molecule has 0 aliphatic rings. The maximum Gasteiger partial charge on any atom is 0.119 e. The molecule has 16 heavy (non-hydrogen) atoms. The van der Waals surface area contributed by atoms with Crippen molar-refractivity contribution in [3.63, 3.8) is 0 Å². The third-order valence-corrected chi connectivity index (χ3v) is 2.48. The molecule has 0 aliphatic heterocycles. The number of hydrogen-bond donors (Lipinski definition) is 1. The van der Waals surface area contributed by atoms with E-state index in [9.17, 15) is 0 Å². The summed E-state index contributed by atoms with van der Waals surface area (Å²) in [5, 5.41) is 0. The monoisotopic (exact) mass is 223 g/mol. The van der Waals surface area contributed by atoms with Gasteiger partial charge in [0.05, 0.1) is 19.8 Å². The van der Waals surface area contributed by atoms with Gasteiger partial charge in [0.15, 0.2) is 0 Å². The summed E-state index contributed by atoms with van der Waals surface area (Å²) in [7, 11) is 1.67. The Morgan fingerprint density at radius 2 is 2.19 bits per heavy atom. The molecule has 0 aliphatic carbocycles. The van der Waals surface area contributed by atoms with Crippen molar-refractivity contribution in [1.29, 1.82) is 0 Å². The Morgan fingerprint density at radius 3 is 2.88 bits per heavy atom. The number of nitrogens with two attached hydrogens (primary N) is 1. The van der Waals surface area contributed by atoms with E-state index in [1.54, 1.807) is 7.11 Å². The van der Waals surface area contributed by atoms with Crippen molar-refractivity contribution >= 4 is 0 Å². The van der Waals surface area contributed by atoms with Crippen molar-refractivity contribution in [1.82, 2.24) is 0 Å². The largest absolute Gasteiger partial charge is 0.497 e. The highest BCUT2D eigenvalue weighted by Crippen LogP contribution is 2.14. The molecule has 0 amide bonds. The van der Waals surface area contributed by atoms with Gasteiger partial charge in [-0.25, -0.2) is 0 Å². The zero-order chi connectivity index (χ0) is 11.8. The molecule has 0 aromatic heterocycles. The average Bonchev–Trinajstić information content (AvgIpc) is 2.34. The third-order valence-electron chi connectivity index (χ3n) is 2.48. The van der Waals surface area contributed by atoms with E-state index in [1.165, 1.54) is 0 Å². The second-order valence-electron chi connectivity index (χ2n) is 3.90. The third kappa shape index (κ3) is 4.64. The molecule has 1 unspecified atom stereocenters. The summed E-state index contributed by atoms with van der Waals surface area (Å²) >= 11 is 0. The van der Waals surface area contributed by atoms with Gasteiger partial charge >= 0.3 is 0 Å². The summed E-state index contributed by atoms with van der Waals surface area (Å²) in [5.74, 6) is 0.871. The second-order valence-corrected chi connectivity index (χ2v) is 3.90. The number of rotatable bonds is 7. The molecule has 0 saturated carbocycles. The van der Waals surface area contributed by atoms with E-state index in [-0.39, 0.29) is 6.10 Å². The van der Waals surface area contributed by atoms with Gasteiger partial charge in [-0.2, -0.15) is 0 Å².